The monoisotopic (exact) mass is 248 g/mol. The number of methoxy groups -OCH3 is 1. The van der Waals surface area contributed by atoms with Crippen LogP contribution in [-0.2, 0) is 16.1 Å². The van der Waals surface area contributed by atoms with Crippen LogP contribution in [0.5, 0.6) is 0 Å². The summed E-state index contributed by atoms with van der Waals surface area (Å²) in [6.45, 7) is 1.47. The first-order chi connectivity index (χ1) is 8.65. The number of carboxylic acid groups (broad SMARTS) is 1. The fourth-order valence-electron chi connectivity index (χ4n) is 1.62. The van der Waals surface area contributed by atoms with Crippen molar-refractivity contribution in [1.82, 2.24) is 4.90 Å². The molecule has 1 rings (SSSR count). The second kappa shape index (κ2) is 7.43. The first-order valence-corrected chi connectivity index (χ1v) is 5.58. The van der Waals surface area contributed by atoms with Crippen LogP contribution in [0.1, 0.15) is 11.1 Å². The summed E-state index contributed by atoms with van der Waals surface area (Å²) in [4.78, 5) is 12.5. The highest BCUT2D eigenvalue weighted by Crippen LogP contribution is 2.07. The normalized spacial score (nSPS) is 10.3. The van der Waals surface area contributed by atoms with Crippen LogP contribution >= 0.6 is 0 Å². The van der Waals surface area contributed by atoms with Crippen LogP contribution in [0.2, 0.25) is 0 Å². The summed E-state index contributed by atoms with van der Waals surface area (Å²) in [5.41, 5.74) is 1.50. The van der Waals surface area contributed by atoms with Gasteiger partial charge in [0.05, 0.1) is 24.8 Å². The van der Waals surface area contributed by atoms with Crippen molar-refractivity contribution in [2.24, 2.45) is 0 Å². The van der Waals surface area contributed by atoms with Gasteiger partial charge in [-0.25, -0.2) is 0 Å². The first kappa shape index (κ1) is 14.2. The van der Waals surface area contributed by atoms with Crippen molar-refractivity contribution in [3.05, 3.63) is 35.4 Å². The number of rotatable bonds is 7. The second-order valence-electron chi connectivity index (χ2n) is 3.91. The summed E-state index contributed by atoms with van der Waals surface area (Å²) in [6.07, 6.45) is 0. The van der Waals surface area contributed by atoms with Crippen LogP contribution in [0, 0.1) is 11.3 Å². The summed E-state index contributed by atoms with van der Waals surface area (Å²) >= 11 is 0. The SMILES string of the molecule is COCCN(CC(=O)O)Cc1cccc(C#N)c1. The van der Waals surface area contributed by atoms with E-state index < -0.39 is 5.97 Å². The van der Waals surface area contributed by atoms with Crippen LogP contribution in [0.25, 0.3) is 0 Å². The smallest absolute Gasteiger partial charge is 0.317 e. The van der Waals surface area contributed by atoms with E-state index in [1.807, 2.05) is 6.07 Å². The average molecular weight is 248 g/mol. The molecule has 0 fully saturated rings. The largest absolute Gasteiger partial charge is 0.480 e. The molecule has 0 saturated heterocycles. The fourth-order valence-corrected chi connectivity index (χ4v) is 1.62. The molecule has 96 valence electrons. The summed E-state index contributed by atoms with van der Waals surface area (Å²) < 4.78 is 4.95. The maximum absolute atomic E-state index is 10.8. The topological polar surface area (TPSA) is 73.6 Å². The Bertz CT molecular complexity index is 440. The molecule has 0 saturated carbocycles. The molecule has 0 aliphatic rings. The molecule has 0 bridgehead atoms. The molecule has 0 atom stereocenters. The van der Waals surface area contributed by atoms with Crippen LogP contribution in [0.15, 0.2) is 24.3 Å². The minimum atomic E-state index is -0.873. The Labute approximate surface area is 106 Å². The quantitative estimate of drug-likeness (QED) is 0.782. The van der Waals surface area contributed by atoms with E-state index in [0.29, 0.717) is 25.3 Å². The molecule has 0 aliphatic carbocycles. The summed E-state index contributed by atoms with van der Waals surface area (Å²) in [6, 6.07) is 9.23. The molecule has 0 spiro atoms. The third kappa shape index (κ3) is 4.95. The van der Waals surface area contributed by atoms with Crippen molar-refractivity contribution < 1.29 is 14.6 Å². The minimum Gasteiger partial charge on any atom is -0.480 e. The lowest BCUT2D eigenvalue weighted by molar-refractivity contribution is -0.138. The van der Waals surface area contributed by atoms with E-state index in [4.69, 9.17) is 15.1 Å². The van der Waals surface area contributed by atoms with Crippen molar-refractivity contribution in [3.8, 4) is 6.07 Å². The molecule has 0 radical (unpaired) electrons. The molecule has 5 heteroatoms. The van der Waals surface area contributed by atoms with E-state index in [9.17, 15) is 4.79 Å². The number of aliphatic carboxylic acids is 1. The van der Waals surface area contributed by atoms with E-state index in [1.54, 1.807) is 30.2 Å². The Morgan fingerprint density at radius 2 is 2.33 bits per heavy atom. The van der Waals surface area contributed by atoms with Crippen LogP contribution in [0.3, 0.4) is 0 Å². The van der Waals surface area contributed by atoms with Gasteiger partial charge in [0.1, 0.15) is 0 Å². The highest BCUT2D eigenvalue weighted by Gasteiger charge is 2.10. The number of hydrogen-bond donors (Lipinski definition) is 1. The molecular weight excluding hydrogens is 232 g/mol. The van der Waals surface area contributed by atoms with Crippen molar-refractivity contribution in [2.75, 3.05) is 26.8 Å². The van der Waals surface area contributed by atoms with Crippen molar-refractivity contribution in [3.63, 3.8) is 0 Å². The Balaban J connectivity index is 2.68. The zero-order valence-electron chi connectivity index (χ0n) is 10.3. The molecule has 0 aliphatic heterocycles. The standard InChI is InChI=1S/C13H16N2O3/c1-18-6-5-15(10-13(16)17)9-12-4-2-3-11(7-12)8-14/h2-4,7H,5-6,9-10H2,1H3,(H,16,17). The zero-order chi connectivity index (χ0) is 13.4. The molecule has 5 nitrogen and oxygen atoms in total. The Kier molecular flexibility index (Phi) is 5.85. The second-order valence-corrected chi connectivity index (χ2v) is 3.91. The highest BCUT2D eigenvalue weighted by atomic mass is 16.5. The van der Waals surface area contributed by atoms with Gasteiger partial charge in [-0.3, -0.25) is 9.69 Å². The van der Waals surface area contributed by atoms with Gasteiger partial charge in [-0.2, -0.15) is 5.26 Å². The van der Waals surface area contributed by atoms with Crippen LogP contribution < -0.4 is 0 Å². The zero-order valence-corrected chi connectivity index (χ0v) is 10.3. The lowest BCUT2D eigenvalue weighted by Gasteiger charge is -2.19. The van der Waals surface area contributed by atoms with Gasteiger partial charge in [-0.05, 0) is 17.7 Å². The molecule has 0 amide bonds. The lowest BCUT2D eigenvalue weighted by atomic mass is 10.1. The van der Waals surface area contributed by atoms with Crippen LogP contribution in [0.4, 0.5) is 0 Å². The molecule has 0 aromatic heterocycles. The predicted octanol–water partition coefficient (Wildman–Crippen LogP) is 1.09. The van der Waals surface area contributed by atoms with E-state index in [1.165, 1.54) is 0 Å². The van der Waals surface area contributed by atoms with Gasteiger partial charge in [0.25, 0.3) is 0 Å². The van der Waals surface area contributed by atoms with Gasteiger partial charge in [0.2, 0.25) is 0 Å². The van der Waals surface area contributed by atoms with Crippen molar-refractivity contribution in [2.45, 2.75) is 6.54 Å². The minimum absolute atomic E-state index is 0.0415. The maximum atomic E-state index is 10.8. The van der Waals surface area contributed by atoms with Crippen molar-refractivity contribution in [1.29, 1.82) is 5.26 Å². The maximum Gasteiger partial charge on any atom is 0.317 e. The fraction of sp³-hybridized carbons (Fsp3) is 0.385. The molecule has 0 heterocycles. The first-order valence-electron chi connectivity index (χ1n) is 5.58. The average Bonchev–Trinajstić information content (AvgIpc) is 2.35. The number of carbonyl (C=O) groups is 1. The van der Waals surface area contributed by atoms with Gasteiger partial charge in [-0.1, -0.05) is 12.1 Å². The summed E-state index contributed by atoms with van der Waals surface area (Å²) in [7, 11) is 1.58. The summed E-state index contributed by atoms with van der Waals surface area (Å²) in [5, 5.41) is 17.6. The summed E-state index contributed by atoms with van der Waals surface area (Å²) in [5.74, 6) is -0.873. The number of ether oxygens (including phenoxy) is 1. The molecule has 18 heavy (non-hydrogen) atoms. The molecule has 0 unspecified atom stereocenters. The van der Waals surface area contributed by atoms with Gasteiger partial charge in [0.15, 0.2) is 0 Å². The molecular formula is C13H16N2O3. The number of nitriles is 1. The van der Waals surface area contributed by atoms with E-state index in [2.05, 4.69) is 6.07 Å². The number of hydrogen-bond acceptors (Lipinski definition) is 4. The molecule has 1 aromatic carbocycles. The van der Waals surface area contributed by atoms with Crippen LogP contribution in [-0.4, -0.2) is 42.8 Å². The third-order valence-electron chi connectivity index (χ3n) is 2.43. The van der Waals surface area contributed by atoms with E-state index >= 15 is 0 Å². The van der Waals surface area contributed by atoms with Crippen molar-refractivity contribution >= 4 is 5.97 Å². The Morgan fingerprint density at radius 3 is 2.94 bits per heavy atom. The van der Waals surface area contributed by atoms with Gasteiger partial charge >= 0.3 is 5.97 Å². The van der Waals surface area contributed by atoms with Gasteiger partial charge < -0.3 is 9.84 Å². The van der Waals surface area contributed by atoms with E-state index in [-0.39, 0.29) is 6.54 Å². The predicted molar refractivity (Wildman–Crippen MR) is 65.9 cm³/mol. The molecule has 1 aromatic rings. The number of nitrogens with zero attached hydrogens (tertiary/aromatic N) is 2. The third-order valence-corrected chi connectivity index (χ3v) is 2.43. The highest BCUT2D eigenvalue weighted by molar-refractivity contribution is 5.69. The number of benzene rings is 1. The number of carboxylic acids is 1. The Morgan fingerprint density at radius 1 is 1.56 bits per heavy atom. The van der Waals surface area contributed by atoms with Gasteiger partial charge in [0, 0.05) is 20.2 Å². The lowest BCUT2D eigenvalue weighted by Crippen LogP contribution is -2.32. The molecule has 1 N–H and O–H groups in total. The van der Waals surface area contributed by atoms with Gasteiger partial charge in [-0.15, -0.1) is 0 Å². The van der Waals surface area contributed by atoms with E-state index in [0.717, 1.165) is 5.56 Å². The Hall–Kier alpha value is -1.90.